The SMILES string of the molecule is C[C@@H](CCc1ccccc1)NS(=O)(=O)c1ccc2[nH]c(=O)sc2c1. The molecule has 0 unspecified atom stereocenters. The summed E-state index contributed by atoms with van der Waals surface area (Å²) >= 11 is 1.01. The summed E-state index contributed by atoms with van der Waals surface area (Å²) in [5, 5.41) is 0. The van der Waals surface area contributed by atoms with Crippen molar-refractivity contribution in [3.05, 3.63) is 63.8 Å². The van der Waals surface area contributed by atoms with Crippen LogP contribution in [0.1, 0.15) is 18.9 Å². The lowest BCUT2D eigenvalue weighted by Gasteiger charge is -2.14. The minimum atomic E-state index is -3.61. The van der Waals surface area contributed by atoms with Gasteiger partial charge in [-0.15, -0.1) is 0 Å². The Morgan fingerprint density at radius 2 is 1.92 bits per heavy atom. The quantitative estimate of drug-likeness (QED) is 0.708. The van der Waals surface area contributed by atoms with Crippen molar-refractivity contribution >= 4 is 31.6 Å². The van der Waals surface area contributed by atoms with Crippen LogP contribution in [0.4, 0.5) is 0 Å². The lowest BCUT2D eigenvalue weighted by Crippen LogP contribution is -2.32. The highest BCUT2D eigenvalue weighted by molar-refractivity contribution is 7.89. The first kappa shape index (κ1) is 16.9. The highest BCUT2D eigenvalue weighted by atomic mass is 32.2. The van der Waals surface area contributed by atoms with Crippen LogP contribution in [0.2, 0.25) is 0 Å². The molecule has 24 heavy (non-hydrogen) atoms. The van der Waals surface area contributed by atoms with Gasteiger partial charge in [-0.1, -0.05) is 41.7 Å². The molecule has 0 aliphatic rings. The van der Waals surface area contributed by atoms with E-state index in [0.717, 1.165) is 17.8 Å². The zero-order valence-electron chi connectivity index (χ0n) is 13.2. The van der Waals surface area contributed by atoms with Crippen LogP contribution in [-0.2, 0) is 16.4 Å². The molecule has 0 fully saturated rings. The van der Waals surface area contributed by atoms with Gasteiger partial charge in [-0.05, 0) is 43.5 Å². The Balaban J connectivity index is 1.70. The summed E-state index contributed by atoms with van der Waals surface area (Å²) in [6, 6.07) is 14.4. The molecule has 0 amide bonds. The van der Waals surface area contributed by atoms with Crippen LogP contribution >= 0.6 is 11.3 Å². The third-order valence-corrected chi connectivity index (χ3v) is 6.20. The first-order chi connectivity index (χ1) is 11.4. The number of aryl methyl sites for hydroxylation is 1. The lowest BCUT2D eigenvalue weighted by atomic mass is 10.1. The second-order valence-corrected chi connectivity index (χ2v) is 8.45. The van der Waals surface area contributed by atoms with Gasteiger partial charge in [0, 0.05) is 6.04 Å². The number of thiazole rings is 1. The van der Waals surface area contributed by atoms with Crippen LogP contribution in [0.5, 0.6) is 0 Å². The van der Waals surface area contributed by atoms with Gasteiger partial charge in [0.2, 0.25) is 10.0 Å². The van der Waals surface area contributed by atoms with E-state index in [0.29, 0.717) is 16.6 Å². The maximum atomic E-state index is 12.5. The van der Waals surface area contributed by atoms with Gasteiger partial charge in [0.05, 0.1) is 15.1 Å². The summed E-state index contributed by atoms with van der Waals surface area (Å²) in [4.78, 5) is 14.0. The van der Waals surface area contributed by atoms with Crippen molar-refractivity contribution in [3.63, 3.8) is 0 Å². The average Bonchev–Trinajstić information content (AvgIpc) is 2.92. The standard InChI is InChI=1S/C17H18N2O3S2/c1-12(7-8-13-5-3-2-4-6-13)19-24(21,22)14-9-10-15-16(11-14)23-17(20)18-15/h2-6,9-12,19H,7-8H2,1H3,(H,18,20)/t12-/m0/s1. The minimum Gasteiger partial charge on any atom is -0.312 e. The predicted octanol–water partition coefficient (Wildman–Crippen LogP) is 2.89. The zero-order valence-corrected chi connectivity index (χ0v) is 14.8. The van der Waals surface area contributed by atoms with Crippen molar-refractivity contribution < 1.29 is 8.42 Å². The van der Waals surface area contributed by atoms with Gasteiger partial charge in [0.25, 0.3) is 0 Å². The van der Waals surface area contributed by atoms with Gasteiger partial charge in [0.15, 0.2) is 0 Å². The molecule has 126 valence electrons. The summed E-state index contributed by atoms with van der Waals surface area (Å²) < 4.78 is 28.4. The molecular weight excluding hydrogens is 344 g/mol. The molecule has 0 spiro atoms. The van der Waals surface area contributed by atoms with Crippen molar-refractivity contribution in [1.29, 1.82) is 0 Å². The van der Waals surface area contributed by atoms with E-state index in [1.54, 1.807) is 6.07 Å². The predicted molar refractivity (Wildman–Crippen MR) is 97.0 cm³/mol. The third-order valence-electron chi connectivity index (χ3n) is 3.77. The first-order valence-corrected chi connectivity index (χ1v) is 9.93. The normalized spacial score (nSPS) is 13.2. The molecule has 2 N–H and O–H groups in total. The Kier molecular flexibility index (Phi) is 4.84. The number of rotatable bonds is 6. The lowest BCUT2D eigenvalue weighted by molar-refractivity contribution is 0.547. The second kappa shape index (κ2) is 6.88. The maximum Gasteiger partial charge on any atom is 0.305 e. The summed E-state index contributed by atoms with van der Waals surface area (Å²) in [6.07, 6.45) is 1.52. The van der Waals surface area contributed by atoms with E-state index in [2.05, 4.69) is 9.71 Å². The minimum absolute atomic E-state index is 0.178. The number of sulfonamides is 1. The van der Waals surface area contributed by atoms with E-state index in [1.165, 1.54) is 17.7 Å². The number of fused-ring (bicyclic) bond motifs is 1. The highest BCUT2D eigenvalue weighted by Crippen LogP contribution is 2.20. The van der Waals surface area contributed by atoms with Gasteiger partial charge < -0.3 is 4.98 Å². The molecule has 0 saturated heterocycles. The maximum absolute atomic E-state index is 12.5. The molecule has 3 aromatic rings. The Morgan fingerprint density at radius 1 is 1.17 bits per heavy atom. The topological polar surface area (TPSA) is 79.0 Å². The molecule has 7 heteroatoms. The van der Waals surface area contributed by atoms with Gasteiger partial charge in [-0.25, -0.2) is 13.1 Å². The summed E-state index contributed by atoms with van der Waals surface area (Å²) in [5.41, 5.74) is 1.84. The molecule has 0 aliphatic carbocycles. The van der Waals surface area contributed by atoms with Crippen LogP contribution in [0.15, 0.2) is 58.2 Å². The van der Waals surface area contributed by atoms with Gasteiger partial charge in [0.1, 0.15) is 0 Å². The van der Waals surface area contributed by atoms with Crippen molar-refractivity contribution in [2.24, 2.45) is 0 Å². The van der Waals surface area contributed by atoms with Gasteiger partial charge >= 0.3 is 4.87 Å². The molecule has 2 aromatic carbocycles. The molecule has 1 atom stereocenters. The van der Waals surface area contributed by atoms with Crippen LogP contribution in [-0.4, -0.2) is 19.4 Å². The van der Waals surface area contributed by atoms with Crippen LogP contribution < -0.4 is 9.60 Å². The Labute approximate surface area is 144 Å². The smallest absolute Gasteiger partial charge is 0.305 e. The monoisotopic (exact) mass is 362 g/mol. The molecule has 0 saturated carbocycles. The highest BCUT2D eigenvalue weighted by Gasteiger charge is 2.18. The summed E-state index contributed by atoms with van der Waals surface area (Å²) in [7, 11) is -3.61. The van der Waals surface area contributed by atoms with E-state index >= 15 is 0 Å². The Morgan fingerprint density at radius 3 is 2.67 bits per heavy atom. The summed E-state index contributed by atoms with van der Waals surface area (Å²) in [6.45, 7) is 1.85. The van der Waals surface area contributed by atoms with E-state index < -0.39 is 10.0 Å². The van der Waals surface area contributed by atoms with Crippen molar-refractivity contribution in [2.75, 3.05) is 0 Å². The second-order valence-electron chi connectivity index (χ2n) is 5.72. The fourth-order valence-electron chi connectivity index (χ4n) is 2.51. The molecule has 0 aliphatic heterocycles. The third kappa shape index (κ3) is 3.92. The van der Waals surface area contributed by atoms with Crippen LogP contribution in [0.3, 0.4) is 0 Å². The molecule has 0 bridgehead atoms. The number of hydrogen-bond acceptors (Lipinski definition) is 4. The fraction of sp³-hybridized carbons (Fsp3) is 0.235. The molecule has 1 heterocycles. The van der Waals surface area contributed by atoms with Crippen molar-refractivity contribution in [3.8, 4) is 0 Å². The zero-order chi connectivity index (χ0) is 17.2. The van der Waals surface area contributed by atoms with Crippen molar-refractivity contribution in [2.45, 2.75) is 30.7 Å². The number of H-pyrrole nitrogens is 1. The number of nitrogens with one attached hydrogen (secondary N) is 2. The molecule has 5 nitrogen and oxygen atoms in total. The van der Waals surface area contributed by atoms with Crippen molar-refractivity contribution in [1.82, 2.24) is 9.71 Å². The summed E-state index contributed by atoms with van der Waals surface area (Å²) in [5.74, 6) is 0. The van der Waals surface area contributed by atoms with Crippen LogP contribution in [0.25, 0.3) is 10.2 Å². The molecule has 1 aromatic heterocycles. The van der Waals surface area contributed by atoms with Crippen LogP contribution in [0, 0.1) is 0 Å². The number of hydrogen-bond donors (Lipinski definition) is 2. The molecule has 3 rings (SSSR count). The number of aromatic amines is 1. The average molecular weight is 362 g/mol. The van der Waals surface area contributed by atoms with Gasteiger partial charge in [-0.3, -0.25) is 4.79 Å². The Bertz CT molecular complexity index is 991. The fourth-order valence-corrected chi connectivity index (χ4v) is 4.67. The van der Waals surface area contributed by atoms with E-state index in [-0.39, 0.29) is 15.8 Å². The van der Waals surface area contributed by atoms with E-state index in [4.69, 9.17) is 0 Å². The number of aromatic nitrogens is 1. The molecule has 0 radical (unpaired) electrons. The number of benzene rings is 2. The van der Waals surface area contributed by atoms with E-state index in [1.807, 2.05) is 37.3 Å². The Hall–Kier alpha value is -1.96. The molecular formula is C17H18N2O3S2. The largest absolute Gasteiger partial charge is 0.312 e. The van der Waals surface area contributed by atoms with Gasteiger partial charge in [-0.2, -0.15) is 0 Å². The van der Waals surface area contributed by atoms with E-state index in [9.17, 15) is 13.2 Å². The first-order valence-electron chi connectivity index (χ1n) is 7.63.